The van der Waals surface area contributed by atoms with Gasteiger partial charge < -0.3 is 16.0 Å². The van der Waals surface area contributed by atoms with Crippen molar-refractivity contribution in [2.75, 3.05) is 11.9 Å². The van der Waals surface area contributed by atoms with Gasteiger partial charge in [0.15, 0.2) is 0 Å². The fourth-order valence-electron chi connectivity index (χ4n) is 3.45. The zero-order valence-electron chi connectivity index (χ0n) is 15.6. The minimum Gasteiger partial charge on any atom is -0.390 e. The molecule has 4 rings (SSSR count). The summed E-state index contributed by atoms with van der Waals surface area (Å²) in [7, 11) is 0. The summed E-state index contributed by atoms with van der Waals surface area (Å²) in [6, 6.07) is 15.1. The van der Waals surface area contributed by atoms with Gasteiger partial charge in [-0.05, 0) is 54.4 Å². The number of hydrogen-bond donors (Lipinski definition) is 3. The van der Waals surface area contributed by atoms with Gasteiger partial charge in [0.05, 0.1) is 27.0 Å². The lowest BCUT2D eigenvalue weighted by Crippen LogP contribution is -1.98. The number of hydrogen-bond acceptors (Lipinski definition) is 3. The molecule has 8 heteroatoms. The maximum absolute atomic E-state index is 9.24. The summed E-state index contributed by atoms with van der Waals surface area (Å²) < 4.78 is 0. The summed E-state index contributed by atoms with van der Waals surface area (Å²) in [6.07, 6.45) is 2.00. The van der Waals surface area contributed by atoms with Gasteiger partial charge >= 0.3 is 0 Å². The largest absolute Gasteiger partial charge is 0.390 e. The number of aliphatic imine (C=N–C) groups is 1. The molecule has 0 spiro atoms. The first kappa shape index (κ1) is 20.4. The molecule has 0 aliphatic carbocycles. The van der Waals surface area contributed by atoms with Crippen LogP contribution in [0, 0.1) is 11.3 Å². The Balaban J connectivity index is 1.86. The van der Waals surface area contributed by atoms with E-state index >= 15 is 0 Å². The SMILES string of the molecule is N#Cc1cc(Nc2cc(CCN=CN)c3[nH]c4cc(Cl)c(Cl)cc4c3c2)ccc1Cl. The third-order valence-electron chi connectivity index (χ3n) is 4.82. The van der Waals surface area contributed by atoms with Crippen LogP contribution in [0.5, 0.6) is 0 Å². The smallest absolute Gasteiger partial charge is 0.101 e. The summed E-state index contributed by atoms with van der Waals surface area (Å²) in [5.41, 5.74) is 10.4. The molecule has 0 fully saturated rings. The molecular formula is C22H16Cl3N5. The predicted molar refractivity (Wildman–Crippen MR) is 127 cm³/mol. The Morgan fingerprint density at radius 2 is 1.80 bits per heavy atom. The van der Waals surface area contributed by atoms with E-state index in [9.17, 15) is 5.26 Å². The van der Waals surface area contributed by atoms with E-state index in [0.717, 1.165) is 38.7 Å². The highest BCUT2D eigenvalue weighted by Gasteiger charge is 2.13. The van der Waals surface area contributed by atoms with Gasteiger partial charge in [0.2, 0.25) is 0 Å². The van der Waals surface area contributed by atoms with Crippen LogP contribution in [0.3, 0.4) is 0 Å². The fourth-order valence-corrected chi connectivity index (χ4v) is 3.94. The van der Waals surface area contributed by atoms with Gasteiger partial charge in [-0.25, -0.2) is 0 Å². The lowest BCUT2D eigenvalue weighted by atomic mass is 10.0. The number of nitrogens with zero attached hydrogens (tertiary/aromatic N) is 2. The quantitative estimate of drug-likeness (QED) is 0.239. The third kappa shape index (κ3) is 3.90. The van der Waals surface area contributed by atoms with Crippen LogP contribution in [0.1, 0.15) is 11.1 Å². The number of nitrogens with two attached hydrogens (primary N) is 1. The fraction of sp³-hybridized carbons (Fsp3) is 0.0909. The number of aromatic amines is 1. The molecule has 150 valence electrons. The summed E-state index contributed by atoms with van der Waals surface area (Å²) in [4.78, 5) is 7.57. The second kappa shape index (κ2) is 8.45. The average molecular weight is 457 g/mol. The second-order valence-corrected chi connectivity index (χ2v) is 7.95. The number of benzene rings is 3. The number of halogens is 3. The van der Waals surface area contributed by atoms with Crippen LogP contribution in [-0.2, 0) is 6.42 Å². The summed E-state index contributed by atoms with van der Waals surface area (Å²) in [5, 5.41) is 16.0. The van der Waals surface area contributed by atoms with Gasteiger partial charge in [0, 0.05) is 39.7 Å². The number of nitrogens with one attached hydrogen (secondary N) is 2. The average Bonchev–Trinajstić information content (AvgIpc) is 3.07. The molecule has 4 aromatic rings. The number of fused-ring (bicyclic) bond motifs is 3. The molecular weight excluding hydrogens is 441 g/mol. The first-order chi connectivity index (χ1) is 14.5. The maximum Gasteiger partial charge on any atom is 0.101 e. The first-order valence-electron chi connectivity index (χ1n) is 9.10. The normalized spacial score (nSPS) is 11.4. The Hall–Kier alpha value is -2.91. The molecule has 0 atom stereocenters. The molecule has 0 unspecified atom stereocenters. The van der Waals surface area contributed by atoms with E-state index in [1.165, 1.54) is 6.34 Å². The third-order valence-corrected chi connectivity index (χ3v) is 5.87. The Morgan fingerprint density at radius 1 is 1.00 bits per heavy atom. The van der Waals surface area contributed by atoms with Gasteiger partial charge in [-0.1, -0.05) is 34.8 Å². The van der Waals surface area contributed by atoms with E-state index in [2.05, 4.69) is 21.4 Å². The van der Waals surface area contributed by atoms with E-state index < -0.39 is 0 Å². The molecule has 0 saturated heterocycles. The molecule has 0 saturated carbocycles. The molecule has 0 radical (unpaired) electrons. The minimum atomic E-state index is 0.411. The lowest BCUT2D eigenvalue weighted by Gasteiger charge is -2.11. The highest BCUT2D eigenvalue weighted by atomic mass is 35.5. The Kier molecular flexibility index (Phi) is 5.74. The molecule has 3 aromatic carbocycles. The van der Waals surface area contributed by atoms with Crippen molar-refractivity contribution in [3.05, 3.63) is 68.7 Å². The van der Waals surface area contributed by atoms with Crippen molar-refractivity contribution >= 4 is 74.3 Å². The molecule has 1 aromatic heterocycles. The van der Waals surface area contributed by atoms with Crippen LogP contribution in [0.25, 0.3) is 21.8 Å². The van der Waals surface area contributed by atoms with Crippen LogP contribution in [0.2, 0.25) is 15.1 Å². The van der Waals surface area contributed by atoms with Crippen LogP contribution in [-0.4, -0.2) is 17.9 Å². The van der Waals surface area contributed by atoms with Gasteiger partial charge in [0.1, 0.15) is 6.07 Å². The lowest BCUT2D eigenvalue weighted by molar-refractivity contribution is 0.977. The molecule has 4 N–H and O–H groups in total. The van der Waals surface area contributed by atoms with Gasteiger partial charge in [-0.15, -0.1) is 0 Å². The van der Waals surface area contributed by atoms with Crippen LogP contribution < -0.4 is 11.1 Å². The molecule has 5 nitrogen and oxygen atoms in total. The molecule has 0 aliphatic rings. The molecule has 0 aliphatic heterocycles. The summed E-state index contributed by atoms with van der Waals surface area (Å²) >= 11 is 18.5. The summed E-state index contributed by atoms with van der Waals surface area (Å²) in [6.45, 7) is 0.561. The molecule has 0 amide bonds. The predicted octanol–water partition coefficient (Wildman–Crippen LogP) is 6.43. The minimum absolute atomic E-state index is 0.411. The van der Waals surface area contributed by atoms with Crippen molar-refractivity contribution in [3.63, 3.8) is 0 Å². The first-order valence-corrected chi connectivity index (χ1v) is 10.2. The van der Waals surface area contributed by atoms with Crippen molar-refractivity contribution in [1.29, 1.82) is 5.26 Å². The van der Waals surface area contributed by atoms with Crippen molar-refractivity contribution in [3.8, 4) is 6.07 Å². The van der Waals surface area contributed by atoms with Crippen LogP contribution in [0.15, 0.2) is 47.5 Å². The number of nitriles is 1. The molecule has 0 bridgehead atoms. The molecule has 1 heterocycles. The van der Waals surface area contributed by atoms with Crippen molar-refractivity contribution < 1.29 is 0 Å². The number of H-pyrrole nitrogens is 1. The highest BCUT2D eigenvalue weighted by Crippen LogP contribution is 2.36. The van der Waals surface area contributed by atoms with E-state index in [0.29, 0.717) is 33.6 Å². The number of aromatic nitrogens is 1. The number of rotatable bonds is 5. The van der Waals surface area contributed by atoms with Crippen molar-refractivity contribution in [1.82, 2.24) is 4.98 Å². The zero-order chi connectivity index (χ0) is 21.3. The summed E-state index contributed by atoms with van der Waals surface area (Å²) in [5.74, 6) is 0. The Bertz CT molecular complexity index is 1330. The van der Waals surface area contributed by atoms with Crippen LogP contribution >= 0.6 is 34.8 Å². The van der Waals surface area contributed by atoms with Gasteiger partial charge in [-0.3, -0.25) is 4.99 Å². The topological polar surface area (TPSA) is 90.0 Å². The van der Waals surface area contributed by atoms with E-state index in [1.807, 2.05) is 30.3 Å². The van der Waals surface area contributed by atoms with Crippen molar-refractivity contribution in [2.45, 2.75) is 6.42 Å². The standard InChI is InChI=1S/C22H16Cl3N5/c23-18-2-1-14(6-13(18)10-26)29-15-5-12(3-4-28-11-27)22-17(7-15)16-8-19(24)20(25)9-21(16)30-22/h1-2,5-9,11,29-30H,3-4H2,(H2,27,28). The van der Waals surface area contributed by atoms with Gasteiger partial charge in [-0.2, -0.15) is 5.26 Å². The van der Waals surface area contributed by atoms with E-state index in [4.69, 9.17) is 40.5 Å². The van der Waals surface area contributed by atoms with E-state index in [-0.39, 0.29) is 0 Å². The highest BCUT2D eigenvalue weighted by molar-refractivity contribution is 6.43. The monoisotopic (exact) mass is 455 g/mol. The Labute approximate surface area is 188 Å². The zero-order valence-corrected chi connectivity index (χ0v) is 17.9. The number of anilines is 2. The van der Waals surface area contributed by atoms with Crippen LogP contribution in [0.4, 0.5) is 11.4 Å². The molecule has 30 heavy (non-hydrogen) atoms. The van der Waals surface area contributed by atoms with Crippen molar-refractivity contribution in [2.24, 2.45) is 10.7 Å². The van der Waals surface area contributed by atoms with E-state index in [1.54, 1.807) is 12.1 Å². The second-order valence-electron chi connectivity index (χ2n) is 6.73. The maximum atomic E-state index is 9.24. The van der Waals surface area contributed by atoms with Gasteiger partial charge in [0.25, 0.3) is 0 Å². The Morgan fingerprint density at radius 3 is 2.57 bits per heavy atom.